The van der Waals surface area contributed by atoms with Crippen LogP contribution in [0.25, 0.3) is 5.52 Å². The van der Waals surface area contributed by atoms with Gasteiger partial charge in [0.1, 0.15) is 5.69 Å². The van der Waals surface area contributed by atoms with E-state index in [2.05, 4.69) is 30.3 Å². The number of aromatic carboxylic acids is 1. The summed E-state index contributed by atoms with van der Waals surface area (Å²) in [4.78, 5) is 11.5. The van der Waals surface area contributed by atoms with Crippen LogP contribution in [-0.2, 0) is 0 Å². The van der Waals surface area contributed by atoms with Crippen molar-refractivity contribution in [1.82, 2.24) is 4.40 Å². The molecule has 22 heavy (non-hydrogen) atoms. The molecule has 0 saturated heterocycles. The number of pyridine rings is 1. The average molecular weight is 291 g/mol. The topological polar surface area (TPSA) is 41.7 Å². The van der Waals surface area contributed by atoms with Gasteiger partial charge in [0.15, 0.2) is 0 Å². The zero-order valence-electron chi connectivity index (χ0n) is 12.4. The number of carbonyl (C=O) groups is 1. The fourth-order valence-corrected chi connectivity index (χ4v) is 3.44. The summed E-state index contributed by atoms with van der Waals surface area (Å²) in [7, 11) is 0. The molecule has 0 amide bonds. The van der Waals surface area contributed by atoms with Crippen molar-refractivity contribution in [2.24, 2.45) is 0 Å². The second kappa shape index (κ2) is 4.73. The maximum atomic E-state index is 11.5. The van der Waals surface area contributed by atoms with E-state index in [1.807, 2.05) is 35.7 Å². The minimum atomic E-state index is -0.870. The molecule has 3 nitrogen and oxygen atoms in total. The van der Waals surface area contributed by atoms with Crippen molar-refractivity contribution in [2.75, 3.05) is 0 Å². The molecule has 2 unspecified atom stereocenters. The van der Waals surface area contributed by atoms with Gasteiger partial charge in [-0.2, -0.15) is 0 Å². The first kappa shape index (κ1) is 13.1. The van der Waals surface area contributed by atoms with Crippen molar-refractivity contribution in [1.29, 1.82) is 0 Å². The predicted molar refractivity (Wildman–Crippen MR) is 85.6 cm³/mol. The van der Waals surface area contributed by atoms with Gasteiger partial charge < -0.3 is 9.51 Å². The maximum Gasteiger partial charge on any atom is 0.353 e. The zero-order chi connectivity index (χ0) is 15.3. The van der Waals surface area contributed by atoms with E-state index in [4.69, 9.17) is 0 Å². The fraction of sp³-hybridized carbons (Fsp3) is 0.211. The molecule has 2 atom stereocenters. The molecule has 1 aromatic carbocycles. The summed E-state index contributed by atoms with van der Waals surface area (Å²) in [6.45, 7) is 1.85. The van der Waals surface area contributed by atoms with Gasteiger partial charge in [-0.15, -0.1) is 0 Å². The standard InChI is InChI=1S/C19H17NO2/c1-12-9-15-8-7-14(11-20(15)18(12)19(21)22)17-10-16(17)13-5-3-2-4-6-13/h2-9,11,16-17H,10H2,1H3,(H,21,22). The van der Waals surface area contributed by atoms with Gasteiger partial charge in [-0.25, -0.2) is 4.79 Å². The number of hydrogen-bond donors (Lipinski definition) is 1. The van der Waals surface area contributed by atoms with Gasteiger partial charge in [0.05, 0.1) is 0 Å². The van der Waals surface area contributed by atoms with Gasteiger partial charge >= 0.3 is 5.97 Å². The van der Waals surface area contributed by atoms with Crippen LogP contribution in [0.3, 0.4) is 0 Å². The molecule has 0 spiro atoms. The van der Waals surface area contributed by atoms with Crippen molar-refractivity contribution in [3.8, 4) is 0 Å². The number of carboxylic acid groups (broad SMARTS) is 1. The molecule has 2 aromatic heterocycles. The lowest BCUT2D eigenvalue weighted by atomic mass is 10.1. The van der Waals surface area contributed by atoms with Crippen molar-refractivity contribution in [3.63, 3.8) is 0 Å². The normalized spacial score (nSPS) is 20.2. The Morgan fingerprint density at radius 1 is 1.09 bits per heavy atom. The molecule has 4 rings (SSSR count). The first-order valence-corrected chi connectivity index (χ1v) is 7.55. The van der Waals surface area contributed by atoms with Gasteiger partial charge in [-0.3, -0.25) is 0 Å². The van der Waals surface area contributed by atoms with Gasteiger partial charge in [0, 0.05) is 11.7 Å². The van der Waals surface area contributed by atoms with Crippen LogP contribution in [-0.4, -0.2) is 15.5 Å². The lowest BCUT2D eigenvalue weighted by molar-refractivity contribution is 0.0688. The Kier molecular flexibility index (Phi) is 2.83. The highest BCUT2D eigenvalue weighted by Gasteiger charge is 2.39. The smallest absolute Gasteiger partial charge is 0.353 e. The van der Waals surface area contributed by atoms with Crippen molar-refractivity contribution in [3.05, 3.63) is 77.1 Å². The Bertz CT molecular complexity index is 864. The lowest BCUT2D eigenvalue weighted by Gasteiger charge is -2.05. The third-order valence-electron chi connectivity index (χ3n) is 4.63. The molecule has 1 saturated carbocycles. The Labute approximate surface area is 128 Å². The molecule has 3 aromatic rings. The van der Waals surface area contributed by atoms with Crippen molar-refractivity contribution < 1.29 is 9.90 Å². The van der Waals surface area contributed by atoms with E-state index in [0.29, 0.717) is 17.5 Å². The first-order chi connectivity index (χ1) is 10.6. The van der Waals surface area contributed by atoms with Crippen molar-refractivity contribution >= 4 is 11.5 Å². The fourth-order valence-electron chi connectivity index (χ4n) is 3.44. The molecule has 3 heteroatoms. The van der Waals surface area contributed by atoms with E-state index in [1.165, 1.54) is 11.1 Å². The third kappa shape index (κ3) is 2.01. The number of aromatic nitrogens is 1. The van der Waals surface area contributed by atoms with Gasteiger partial charge in [-0.05, 0) is 54.0 Å². The molecule has 110 valence electrons. The van der Waals surface area contributed by atoms with E-state index in [-0.39, 0.29) is 0 Å². The number of carboxylic acids is 1. The van der Waals surface area contributed by atoms with Gasteiger partial charge in [0.2, 0.25) is 0 Å². The number of fused-ring (bicyclic) bond motifs is 1. The summed E-state index contributed by atoms with van der Waals surface area (Å²) in [5.74, 6) is 0.185. The van der Waals surface area contributed by atoms with E-state index in [0.717, 1.165) is 17.5 Å². The van der Waals surface area contributed by atoms with E-state index in [9.17, 15) is 9.90 Å². The van der Waals surface area contributed by atoms with Crippen LogP contribution in [0.4, 0.5) is 0 Å². The van der Waals surface area contributed by atoms with Crippen LogP contribution in [0.5, 0.6) is 0 Å². The maximum absolute atomic E-state index is 11.5. The molecule has 1 fully saturated rings. The van der Waals surface area contributed by atoms with E-state index in [1.54, 1.807) is 0 Å². The first-order valence-electron chi connectivity index (χ1n) is 7.55. The van der Waals surface area contributed by atoms with E-state index >= 15 is 0 Å². The summed E-state index contributed by atoms with van der Waals surface area (Å²) in [6.07, 6.45) is 3.14. The van der Waals surface area contributed by atoms with Gasteiger partial charge in [0.25, 0.3) is 0 Å². The van der Waals surface area contributed by atoms with Crippen molar-refractivity contribution in [2.45, 2.75) is 25.2 Å². The monoisotopic (exact) mass is 291 g/mol. The van der Waals surface area contributed by atoms with Crippen LogP contribution in [0.1, 0.15) is 45.4 Å². The summed E-state index contributed by atoms with van der Waals surface area (Å²) in [6, 6.07) is 16.6. The molecular weight excluding hydrogens is 274 g/mol. The highest BCUT2D eigenvalue weighted by atomic mass is 16.4. The summed E-state index contributed by atoms with van der Waals surface area (Å²) >= 11 is 0. The Hall–Kier alpha value is -2.55. The summed E-state index contributed by atoms with van der Waals surface area (Å²) in [5.41, 5.74) is 4.71. The summed E-state index contributed by atoms with van der Waals surface area (Å²) < 4.78 is 1.81. The van der Waals surface area contributed by atoms with Crippen LogP contribution in [0, 0.1) is 6.92 Å². The molecular formula is C19H17NO2. The molecule has 0 radical (unpaired) electrons. The molecule has 0 bridgehead atoms. The number of rotatable bonds is 3. The SMILES string of the molecule is Cc1cc2ccc(C3CC3c3ccccc3)cn2c1C(=O)O. The van der Waals surface area contributed by atoms with Crippen LogP contribution >= 0.6 is 0 Å². The summed E-state index contributed by atoms with van der Waals surface area (Å²) in [5, 5.41) is 9.41. The molecule has 1 aliphatic rings. The highest BCUT2D eigenvalue weighted by Crippen LogP contribution is 2.54. The second-order valence-corrected chi connectivity index (χ2v) is 6.10. The van der Waals surface area contributed by atoms with Crippen LogP contribution in [0.2, 0.25) is 0 Å². The quantitative estimate of drug-likeness (QED) is 0.785. The highest BCUT2D eigenvalue weighted by molar-refractivity contribution is 5.89. The molecule has 1 aliphatic carbocycles. The number of benzene rings is 1. The molecule has 1 N–H and O–H groups in total. The lowest BCUT2D eigenvalue weighted by Crippen LogP contribution is -2.04. The Balaban J connectivity index is 1.72. The second-order valence-electron chi connectivity index (χ2n) is 6.10. The minimum absolute atomic E-state index is 0.369. The Morgan fingerprint density at radius 3 is 2.55 bits per heavy atom. The number of hydrogen-bond acceptors (Lipinski definition) is 1. The zero-order valence-corrected chi connectivity index (χ0v) is 12.4. The van der Waals surface area contributed by atoms with Gasteiger partial charge in [-0.1, -0.05) is 36.4 Å². The number of aryl methyl sites for hydroxylation is 1. The molecule has 0 aliphatic heterocycles. The molecule has 2 heterocycles. The third-order valence-corrected chi connectivity index (χ3v) is 4.63. The predicted octanol–water partition coefficient (Wildman–Crippen LogP) is 4.22. The average Bonchev–Trinajstić information content (AvgIpc) is 3.23. The minimum Gasteiger partial charge on any atom is -0.477 e. The van der Waals surface area contributed by atoms with E-state index < -0.39 is 5.97 Å². The van der Waals surface area contributed by atoms with Crippen LogP contribution in [0.15, 0.2) is 54.7 Å². The Morgan fingerprint density at radius 2 is 1.82 bits per heavy atom. The van der Waals surface area contributed by atoms with Crippen LogP contribution < -0.4 is 0 Å². The largest absolute Gasteiger partial charge is 0.477 e. The number of nitrogens with zero attached hydrogens (tertiary/aromatic N) is 1.